The first-order valence-corrected chi connectivity index (χ1v) is 8.83. The van der Waals surface area contributed by atoms with Crippen molar-refractivity contribution in [3.63, 3.8) is 0 Å². The van der Waals surface area contributed by atoms with E-state index in [0.717, 1.165) is 6.42 Å². The number of carbonyl (C=O) groups is 1. The zero-order valence-corrected chi connectivity index (χ0v) is 15.9. The molecule has 0 radical (unpaired) electrons. The van der Waals surface area contributed by atoms with Crippen LogP contribution in [0, 0.1) is 11.3 Å². The number of hydrogen-bond acceptors (Lipinski definition) is 3. The fourth-order valence-electron chi connectivity index (χ4n) is 2.51. The summed E-state index contributed by atoms with van der Waals surface area (Å²) in [5, 5.41) is 11.7. The molecule has 1 N–H and O–H groups in total. The third-order valence-corrected chi connectivity index (χ3v) is 4.20. The Kier molecular flexibility index (Phi) is 6.41. The lowest BCUT2D eigenvalue weighted by molar-refractivity contribution is -0.127. The summed E-state index contributed by atoms with van der Waals surface area (Å²) in [4.78, 5) is 12.2. The number of benzene rings is 2. The molecule has 26 heavy (non-hydrogen) atoms. The Morgan fingerprint density at radius 1 is 1.12 bits per heavy atom. The van der Waals surface area contributed by atoms with E-state index >= 15 is 0 Å². The minimum Gasteiger partial charge on any atom is -0.481 e. The largest absolute Gasteiger partial charge is 0.481 e. The van der Waals surface area contributed by atoms with E-state index in [0.29, 0.717) is 17.9 Å². The molecule has 1 amide bonds. The Morgan fingerprint density at radius 3 is 2.27 bits per heavy atom. The Morgan fingerprint density at radius 2 is 1.73 bits per heavy atom. The minimum atomic E-state index is -0.591. The van der Waals surface area contributed by atoms with E-state index in [4.69, 9.17) is 10.00 Å². The van der Waals surface area contributed by atoms with Gasteiger partial charge in [-0.05, 0) is 54.2 Å². The van der Waals surface area contributed by atoms with E-state index in [2.05, 4.69) is 56.4 Å². The Labute approximate surface area is 155 Å². The highest BCUT2D eigenvalue weighted by Crippen LogP contribution is 2.22. The second kappa shape index (κ2) is 8.53. The zero-order valence-electron chi connectivity index (χ0n) is 15.9. The number of rotatable bonds is 6. The number of hydrogen-bond donors (Lipinski definition) is 1. The molecule has 2 aromatic rings. The van der Waals surface area contributed by atoms with E-state index in [-0.39, 0.29) is 11.3 Å². The van der Waals surface area contributed by atoms with Crippen molar-refractivity contribution in [2.45, 2.75) is 45.6 Å². The zero-order chi connectivity index (χ0) is 19.2. The first-order chi connectivity index (χ1) is 12.3. The fraction of sp³-hybridized carbons (Fsp3) is 0.364. The number of ether oxygens (including phenoxy) is 1. The topological polar surface area (TPSA) is 62.1 Å². The van der Waals surface area contributed by atoms with Gasteiger partial charge in [-0.1, -0.05) is 45.0 Å². The second-order valence-corrected chi connectivity index (χ2v) is 7.38. The summed E-state index contributed by atoms with van der Waals surface area (Å²) in [7, 11) is 0. The van der Waals surface area contributed by atoms with Crippen LogP contribution in [0.1, 0.15) is 44.4 Å². The van der Waals surface area contributed by atoms with Crippen LogP contribution in [0.15, 0.2) is 48.5 Å². The molecule has 0 saturated heterocycles. The van der Waals surface area contributed by atoms with Crippen LogP contribution in [0.3, 0.4) is 0 Å². The van der Waals surface area contributed by atoms with Gasteiger partial charge in [0.25, 0.3) is 5.91 Å². The van der Waals surface area contributed by atoms with Gasteiger partial charge in [0.1, 0.15) is 5.75 Å². The quantitative estimate of drug-likeness (QED) is 0.857. The van der Waals surface area contributed by atoms with Crippen LogP contribution in [0.2, 0.25) is 0 Å². The van der Waals surface area contributed by atoms with Crippen LogP contribution in [0.25, 0.3) is 0 Å². The minimum absolute atomic E-state index is 0.144. The molecular formula is C22H26N2O2. The third kappa shape index (κ3) is 5.63. The van der Waals surface area contributed by atoms with Crippen molar-refractivity contribution in [3.8, 4) is 11.8 Å². The number of nitrogens with zero attached hydrogens (tertiary/aromatic N) is 1. The Balaban J connectivity index is 1.79. The maximum atomic E-state index is 12.2. The average Bonchev–Trinajstić information content (AvgIpc) is 2.62. The molecule has 0 saturated carbocycles. The van der Waals surface area contributed by atoms with Gasteiger partial charge < -0.3 is 10.1 Å². The van der Waals surface area contributed by atoms with Crippen LogP contribution in [-0.2, 0) is 16.6 Å². The predicted molar refractivity (Wildman–Crippen MR) is 103 cm³/mol. The van der Waals surface area contributed by atoms with E-state index < -0.39 is 6.10 Å². The molecule has 0 heterocycles. The third-order valence-electron chi connectivity index (χ3n) is 4.20. The maximum absolute atomic E-state index is 12.2. The summed E-state index contributed by atoms with van der Waals surface area (Å²) >= 11 is 0. The molecule has 0 aromatic heterocycles. The SMILES string of the molecule is CC(Oc1ccc(C#N)cc1)C(=O)NCCc1ccc(C(C)(C)C)cc1. The average molecular weight is 350 g/mol. The highest BCUT2D eigenvalue weighted by atomic mass is 16.5. The van der Waals surface area contributed by atoms with Gasteiger partial charge in [0, 0.05) is 6.54 Å². The number of amides is 1. The van der Waals surface area contributed by atoms with Gasteiger partial charge in [-0.2, -0.15) is 5.26 Å². The summed E-state index contributed by atoms with van der Waals surface area (Å²) in [5.74, 6) is 0.421. The molecule has 4 nitrogen and oxygen atoms in total. The van der Waals surface area contributed by atoms with Crippen molar-refractivity contribution in [2.75, 3.05) is 6.54 Å². The molecule has 1 atom stereocenters. The molecule has 0 aliphatic carbocycles. The second-order valence-electron chi connectivity index (χ2n) is 7.38. The lowest BCUT2D eigenvalue weighted by atomic mass is 9.86. The fourth-order valence-corrected chi connectivity index (χ4v) is 2.51. The standard InChI is InChI=1S/C22H26N2O2/c1-16(26-20-11-7-18(15-23)8-12-20)21(25)24-14-13-17-5-9-19(10-6-17)22(2,3)4/h5-12,16H,13-14H2,1-4H3,(H,24,25). The van der Waals surface area contributed by atoms with Gasteiger partial charge in [-0.15, -0.1) is 0 Å². The van der Waals surface area contributed by atoms with Crippen LogP contribution in [0.4, 0.5) is 0 Å². The van der Waals surface area contributed by atoms with Gasteiger partial charge in [0.05, 0.1) is 11.6 Å². The van der Waals surface area contributed by atoms with Crippen LogP contribution in [0.5, 0.6) is 5.75 Å². The van der Waals surface area contributed by atoms with Crippen molar-refractivity contribution in [3.05, 3.63) is 65.2 Å². The summed E-state index contributed by atoms with van der Waals surface area (Å²) in [6.07, 6.45) is 0.186. The highest BCUT2D eigenvalue weighted by Gasteiger charge is 2.15. The van der Waals surface area contributed by atoms with Gasteiger partial charge in [-0.25, -0.2) is 0 Å². The van der Waals surface area contributed by atoms with Gasteiger partial charge in [0.2, 0.25) is 0 Å². The Bertz CT molecular complexity index is 766. The molecular weight excluding hydrogens is 324 g/mol. The molecule has 2 aromatic carbocycles. The van der Waals surface area contributed by atoms with Crippen molar-refractivity contribution in [2.24, 2.45) is 0 Å². The summed E-state index contributed by atoms with van der Waals surface area (Å²) in [6.45, 7) is 8.85. The summed E-state index contributed by atoms with van der Waals surface area (Å²) < 4.78 is 5.61. The lowest BCUT2D eigenvalue weighted by Gasteiger charge is -2.19. The van der Waals surface area contributed by atoms with E-state index in [1.807, 2.05) is 0 Å². The molecule has 0 aliphatic rings. The summed E-state index contributed by atoms with van der Waals surface area (Å²) in [6, 6.07) is 17.3. The van der Waals surface area contributed by atoms with E-state index in [1.165, 1.54) is 11.1 Å². The van der Waals surface area contributed by atoms with Crippen molar-refractivity contribution < 1.29 is 9.53 Å². The molecule has 0 aliphatic heterocycles. The van der Waals surface area contributed by atoms with Crippen LogP contribution in [-0.4, -0.2) is 18.6 Å². The van der Waals surface area contributed by atoms with E-state index in [9.17, 15) is 4.79 Å². The van der Waals surface area contributed by atoms with Gasteiger partial charge in [-0.3, -0.25) is 4.79 Å². The van der Waals surface area contributed by atoms with Crippen molar-refractivity contribution in [1.82, 2.24) is 5.32 Å². The van der Waals surface area contributed by atoms with Crippen LogP contribution >= 0.6 is 0 Å². The van der Waals surface area contributed by atoms with Crippen LogP contribution < -0.4 is 10.1 Å². The first kappa shape index (κ1) is 19.5. The molecule has 1 unspecified atom stereocenters. The van der Waals surface area contributed by atoms with Gasteiger partial charge in [0.15, 0.2) is 6.10 Å². The molecule has 0 bridgehead atoms. The molecule has 0 spiro atoms. The van der Waals surface area contributed by atoms with Gasteiger partial charge >= 0.3 is 0 Å². The predicted octanol–water partition coefficient (Wildman–Crippen LogP) is 3.98. The molecule has 4 heteroatoms. The molecule has 0 fully saturated rings. The summed E-state index contributed by atoms with van der Waals surface area (Å²) in [5.41, 5.74) is 3.20. The maximum Gasteiger partial charge on any atom is 0.260 e. The molecule has 2 rings (SSSR count). The normalized spacial score (nSPS) is 12.1. The number of nitrogens with one attached hydrogen (secondary N) is 1. The number of nitriles is 1. The monoisotopic (exact) mass is 350 g/mol. The lowest BCUT2D eigenvalue weighted by Crippen LogP contribution is -2.37. The van der Waals surface area contributed by atoms with E-state index in [1.54, 1.807) is 31.2 Å². The highest BCUT2D eigenvalue weighted by molar-refractivity contribution is 5.80. The smallest absolute Gasteiger partial charge is 0.260 e. The number of carbonyl (C=O) groups excluding carboxylic acids is 1. The van der Waals surface area contributed by atoms with Crippen molar-refractivity contribution >= 4 is 5.91 Å². The van der Waals surface area contributed by atoms with Crippen molar-refractivity contribution in [1.29, 1.82) is 5.26 Å². The molecule has 136 valence electrons. The first-order valence-electron chi connectivity index (χ1n) is 8.83. The Hall–Kier alpha value is -2.80.